The first kappa shape index (κ1) is 17.3. The molecule has 1 heterocycles. The summed E-state index contributed by atoms with van der Waals surface area (Å²) in [5.74, 6) is 0. The van der Waals surface area contributed by atoms with Crippen LogP contribution in [0.2, 0.25) is 0 Å². The lowest BCUT2D eigenvalue weighted by Gasteiger charge is -2.28. The van der Waals surface area contributed by atoms with Crippen molar-refractivity contribution in [1.82, 2.24) is 15.2 Å². The lowest BCUT2D eigenvalue weighted by Crippen LogP contribution is -2.47. The van der Waals surface area contributed by atoms with Gasteiger partial charge in [0.1, 0.15) is 0 Å². The maximum absolute atomic E-state index is 12.3. The number of rotatable bonds is 6. The summed E-state index contributed by atoms with van der Waals surface area (Å²) in [7, 11) is 0. The van der Waals surface area contributed by atoms with E-state index in [4.69, 9.17) is 0 Å². The summed E-state index contributed by atoms with van der Waals surface area (Å²) < 4.78 is 0. The quantitative estimate of drug-likeness (QED) is 0.767. The fourth-order valence-electron chi connectivity index (χ4n) is 2.87. The molecule has 1 aromatic heterocycles. The summed E-state index contributed by atoms with van der Waals surface area (Å²) in [4.78, 5) is 17.3. The molecule has 0 aliphatic heterocycles. The third-order valence-corrected chi connectivity index (χ3v) is 4.02. The fourth-order valence-corrected chi connectivity index (χ4v) is 2.87. The van der Waals surface area contributed by atoms with Crippen molar-refractivity contribution in [3.05, 3.63) is 35.5 Å². The normalized spacial score (nSPS) is 12.6. The van der Waals surface area contributed by atoms with E-state index in [2.05, 4.69) is 29.4 Å². The summed E-state index contributed by atoms with van der Waals surface area (Å²) in [6, 6.07) is 8.14. The third-order valence-electron chi connectivity index (χ3n) is 4.02. The minimum Gasteiger partial charge on any atom is -0.392 e. The molecule has 0 bridgehead atoms. The maximum atomic E-state index is 12.3. The van der Waals surface area contributed by atoms with Crippen molar-refractivity contribution in [3.8, 4) is 0 Å². The van der Waals surface area contributed by atoms with Crippen LogP contribution < -0.4 is 5.32 Å². The molecule has 126 valence electrons. The summed E-state index contributed by atoms with van der Waals surface area (Å²) in [5, 5.41) is 13.7. The number of fused-ring (bicyclic) bond motifs is 1. The Labute approximate surface area is 137 Å². The van der Waals surface area contributed by atoms with Crippen LogP contribution in [-0.2, 0) is 6.42 Å². The molecule has 3 N–H and O–H groups in total. The van der Waals surface area contributed by atoms with Crippen LogP contribution >= 0.6 is 0 Å². The van der Waals surface area contributed by atoms with Crippen molar-refractivity contribution in [2.75, 3.05) is 13.1 Å². The first-order chi connectivity index (χ1) is 10.9. The summed E-state index contributed by atoms with van der Waals surface area (Å²) in [5.41, 5.74) is 3.52. The van der Waals surface area contributed by atoms with Gasteiger partial charge in [-0.15, -0.1) is 0 Å². The first-order valence-electron chi connectivity index (χ1n) is 8.19. The predicted octanol–water partition coefficient (Wildman–Crippen LogP) is 2.82. The number of carbonyl (C=O) groups excluding carboxylic acids is 1. The van der Waals surface area contributed by atoms with E-state index >= 15 is 0 Å². The van der Waals surface area contributed by atoms with Crippen LogP contribution in [0.15, 0.2) is 24.3 Å². The van der Waals surface area contributed by atoms with Gasteiger partial charge in [-0.25, -0.2) is 4.79 Å². The molecule has 5 nitrogen and oxygen atoms in total. The second-order valence-corrected chi connectivity index (χ2v) is 6.35. The molecule has 2 rings (SSSR count). The zero-order chi connectivity index (χ0) is 17.0. The lowest BCUT2D eigenvalue weighted by molar-refractivity contribution is 0.119. The maximum Gasteiger partial charge on any atom is 0.317 e. The van der Waals surface area contributed by atoms with Crippen LogP contribution in [0.5, 0.6) is 0 Å². The van der Waals surface area contributed by atoms with Crippen molar-refractivity contribution in [1.29, 1.82) is 0 Å². The Morgan fingerprint density at radius 3 is 2.65 bits per heavy atom. The summed E-state index contributed by atoms with van der Waals surface area (Å²) >= 11 is 0. The smallest absolute Gasteiger partial charge is 0.317 e. The number of benzene rings is 1. The number of aliphatic hydroxyl groups excluding tert-OH is 1. The number of nitrogens with zero attached hydrogens (tertiary/aromatic N) is 1. The van der Waals surface area contributed by atoms with Gasteiger partial charge < -0.3 is 20.3 Å². The van der Waals surface area contributed by atoms with Crippen LogP contribution in [0.4, 0.5) is 4.79 Å². The highest BCUT2D eigenvalue weighted by molar-refractivity contribution is 5.84. The number of H-pyrrole nitrogens is 1. The Morgan fingerprint density at radius 2 is 2.00 bits per heavy atom. The van der Waals surface area contributed by atoms with Gasteiger partial charge in [0.15, 0.2) is 0 Å². The zero-order valence-electron chi connectivity index (χ0n) is 14.4. The van der Waals surface area contributed by atoms with E-state index in [0.29, 0.717) is 13.1 Å². The molecule has 1 unspecified atom stereocenters. The molecule has 0 spiro atoms. The molecule has 1 atom stereocenters. The van der Waals surface area contributed by atoms with Gasteiger partial charge in [-0.2, -0.15) is 0 Å². The Hall–Kier alpha value is -2.01. The number of para-hydroxylation sites is 1. The molecule has 2 aromatic rings. The van der Waals surface area contributed by atoms with Crippen molar-refractivity contribution >= 4 is 16.9 Å². The number of aliphatic hydroxyl groups is 1. The van der Waals surface area contributed by atoms with E-state index in [-0.39, 0.29) is 12.1 Å². The number of aryl methyl sites for hydroxylation is 1. The molecule has 0 aliphatic rings. The SMILES string of the molecule is Cc1[nH]c2ccccc2c1CCNC(=O)N(CC(C)O)C(C)C. The second-order valence-electron chi connectivity index (χ2n) is 6.35. The van der Waals surface area contributed by atoms with Gasteiger partial charge in [0.25, 0.3) is 0 Å². The molecule has 23 heavy (non-hydrogen) atoms. The average molecular weight is 317 g/mol. The van der Waals surface area contributed by atoms with Crippen LogP contribution in [0.25, 0.3) is 10.9 Å². The third kappa shape index (κ3) is 4.26. The van der Waals surface area contributed by atoms with Crippen LogP contribution in [-0.4, -0.2) is 46.3 Å². The van der Waals surface area contributed by atoms with Gasteiger partial charge >= 0.3 is 6.03 Å². The van der Waals surface area contributed by atoms with E-state index in [1.165, 1.54) is 10.9 Å². The van der Waals surface area contributed by atoms with E-state index in [1.54, 1.807) is 11.8 Å². The van der Waals surface area contributed by atoms with E-state index < -0.39 is 6.10 Å². The molecule has 2 amide bonds. The molecule has 0 saturated heterocycles. The van der Waals surface area contributed by atoms with Crippen LogP contribution in [0.3, 0.4) is 0 Å². The highest BCUT2D eigenvalue weighted by Gasteiger charge is 2.18. The highest BCUT2D eigenvalue weighted by atomic mass is 16.3. The van der Waals surface area contributed by atoms with Crippen molar-refractivity contribution in [2.45, 2.75) is 46.3 Å². The van der Waals surface area contributed by atoms with Crippen LogP contribution in [0, 0.1) is 6.92 Å². The van der Waals surface area contributed by atoms with Gasteiger partial charge in [0.05, 0.1) is 6.10 Å². The summed E-state index contributed by atoms with van der Waals surface area (Å²) in [6.07, 6.45) is 0.251. The number of nitrogens with one attached hydrogen (secondary N) is 2. The Kier molecular flexibility index (Phi) is 5.66. The molecule has 0 aliphatic carbocycles. The standard InChI is InChI=1S/C18H27N3O2/c1-12(2)21(11-13(3)22)18(23)19-10-9-15-14(4)20-17-8-6-5-7-16(15)17/h5-8,12-13,20,22H,9-11H2,1-4H3,(H,19,23). The fraction of sp³-hybridized carbons (Fsp3) is 0.500. The Morgan fingerprint density at radius 1 is 1.30 bits per heavy atom. The van der Waals surface area contributed by atoms with Crippen LogP contribution in [0.1, 0.15) is 32.0 Å². The largest absolute Gasteiger partial charge is 0.392 e. The van der Waals surface area contributed by atoms with E-state index in [1.807, 2.05) is 26.0 Å². The molecule has 0 fully saturated rings. The van der Waals surface area contributed by atoms with E-state index in [0.717, 1.165) is 17.6 Å². The van der Waals surface area contributed by atoms with Gasteiger partial charge in [0, 0.05) is 35.7 Å². The van der Waals surface area contributed by atoms with E-state index in [9.17, 15) is 9.90 Å². The molecular formula is C18H27N3O2. The van der Waals surface area contributed by atoms with Crippen molar-refractivity contribution in [3.63, 3.8) is 0 Å². The minimum absolute atomic E-state index is 0.0550. The number of aromatic nitrogens is 1. The van der Waals surface area contributed by atoms with Gasteiger partial charge in [-0.05, 0) is 45.7 Å². The number of amides is 2. The summed E-state index contributed by atoms with van der Waals surface area (Å²) in [6.45, 7) is 8.57. The molecular weight excluding hydrogens is 290 g/mol. The molecule has 5 heteroatoms. The van der Waals surface area contributed by atoms with Gasteiger partial charge in [-0.3, -0.25) is 0 Å². The Bertz CT molecular complexity index is 661. The highest BCUT2D eigenvalue weighted by Crippen LogP contribution is 2.21. The molecule has 0 saturated carbocycles. The lowest BCUT2D eigenvalue weighted by atomic mass is 10.1. The molecule has 0 radical (unpaired) electrons. The zero-order valence-corrected chi connectivity index (χ0v) is 14.4. The number of urea groups is 1. The van der Waals surface area contributed by atoms with Gasteiger partial charge in [0.2, 0.25) is 0 Å². The predicted molar refractivity (Wildman–Crippen MR) is 93.7 cm³/mol. The molecule has 1 aromatic carbocycles. The Balaban J connectivity index is 1.98. The number of hydrogen-bond acceptors (Lipinski definition) is 2. The average Bonchev–Trinajstić information content (AvgIpc) is 2.80. The number of aromatic amines is 1. The minimum atomic E-state index is -0.529. The monoisotopic (exact) mass is 317 g/mol. The van der Waals surface area contributed by atoms with Gasteiger partial charge in [-0.1, -0.05) is 18.2 Å². The first-order valence-corrected chi connectivity index (χ1v) is 8.19. The number of hydrogen-bond donors (Lipinski definition) is 3. The van der Waals surface area contributed by atoms with Crippen molar-refractivity contribution in [2.24, 2.45) is 0 Å². The topological polar surface area (TPSA) is 68.4 Å². The van der Waals surface area contributed by atoms with Crippen molar-refractivity contribution < 1.29 is 9.90 Å². The number of carbonyl (C=O) groups is 1. The second kappa shape index (κ2) is 7.51.